The Labute approximate surface area is 130 Å². The van der Waals surface area contributed by atoms with Gasteiger partial charge in [0.2, 0.25) is 0 Å². The summed E-state index contributed by atoms with van der Waals surface area (Å²) in [7, 11) is 0. The third kappa shape index (κ3) is 4.35. The van der Waals surface area contributed by atoms with Crippen molar-refractivity contribution in [1.82, 2.24) is 5.16 Å². The fraction of sp³-hybridized carbons (Fsp3) is 0.412. The lowest BCUT2D eigenvalue weighted by atomic mass is 10.1. The highest BCUT2D eigenvalue weighted by atomic mass is 16.5. The Morgan fingerprint density at radius 2 is 2.09 bits per heavy atom. The van der Waals surface area contributed by atoms with E-state index in [1.165, 1.54) is 0 Å². The molecule has 0 atom stereocenters. The molecule has 0 aliphatic heterocycles. The van der Waals surface area contributed by atoms with Gasteiger partial charge in [-0.1, -0.05) is 17.3 Å². The van der Waals surface area contributed by atoms with Gasteiger partial charge in [0, 0.05) is 0 Å². The molecule has 0 unspecified atom stereocenters. The summed E-state index contributed by atoms with van der Waals surface area (Å²) in [5.74, 6) is 1.14. The van der Waals surface area contributed by atoms with Crippen molar-refractivity contribution in [3.05, 3.63) is 46.8 Å². The summed E-state index contributed by atoms with van der Waals surface area (Å²) in [5.41, 5.74) is 2.43. The topological polar surface area (TPSA) is 61.6 Å². The van der Waals surface area contributed by atoms with Crippen molar-refractivity contribution in [1.29, 1.82) is 0 Å². The van der Waals surface area contributed by atoms with Gasteiger partial charge in [0.05, 0.1) is 23.8 Å². The van der Waals surface area contributed by atoms with Crippen LogP contribution in [-0.2, 0) is 22.6 Å². The van der Waals surface area contributed by atoms with Crippen molar-refractivity contribution in [3.63, 3.8) is 0 Å². The summed E-state index contributed by atoms with van der Waals surface area (Å²) in [6, 6.07) is 7.48. The van der Waals surface area contributed by atoms with Crippen LogP contribution in [0.1, 0.15) is 36.4 Å². The van der Waals surface area contributed by atoms with Crippen LogP contribution in [0.5, 0.6) is 5.75 Å². The van der Waals surface area contributed by atoms with Crippen LogP contribution in [-0.4, -0.2) is 17.2 Å². The summed E-state index contributed by atoms with van der Waals surface area (Å²) < 4.78 is 15.9. The highest BCUT2D eigenvalue weighted by Gasteiger charge is 2.12. The zero-order valence-corrected chi connectivity index (χ0v) is 13.4. The van der Waals surface area contributed by atoms with Crippen molar-refractivity contribution in [2.75, 3.05) is 0 Å². The van der Waals surface area contributed by atoms with Gasteiger partial charge in [-0.15, -0.1) is 0 Å². The number of hydrogen-bond acceptors (Lipinski definition) is 5. The minimum atomic E-state index is -0.290. The quantitative estimate of drug-likeness (QED) is 0.766. The van der Waals surface area contributed by atoms with Gasteiger partial charge in [0.1, 0.15) is 18.1 Å². The Balaban J connectivity index is 1.92. The molecule has 0 aliphatic rings. The molecule has 118 valence electrons. The summed E-state index contributed by atoms with van der Waals surface area (Å²) in [6.45, 7) is 7.74. The monoisotopic (exact) mass is 303 g/mol. The highest BCUT2D eigenvalue weighted by Crippen LogP contribution is 2.17. The number of rotatable bonds is 6. The number of esters is 1. The second-order valence-corrected chi connectivity index (χ2v) is 5.45. The van der Waals surface area contributed by atoms with Crippen LogP contribution in [0.25, 0.3) is 0 Å². The molecule has 0 N–H and O–H groups in total. The lowest BCUT2D eigenvalue weighted by molar-refractivity contribution is -0.144. The Kier molecular flexibility index (Phi) is 5.20. The average molecular weight is 303 g/mol. The summed E-state index contributed by atoms with van der Waals surface area (Å²) in [5, 5.41) is 3.83. The van der Waals surface area contributed by atoms with E-state index in [1.54, 1.807) is 6.92 Å². The Morgan fingerprint density at radius 1 is 1.32 bits per heavy atom. The molecule has 0 saturated heterocycles. The van der Waals surface area contributed by atoms with Crippen LogP contribution in [0.3, 0.4) is 0 Å². The maximum absolute atomic E-state index is 11.9. The summed E-state index contributed by atoms with van der Waals surface area (Å²) in [6.07, 6.45) is 0.306. The molecule has 0 amide bonds. The van der Waals surface area contributed by atoms with Gasteiger partial charge in [0.15, 0.2) is 0 Å². The van der Waals surface area contributed by atoms with Gasteiger partial charge >= 0.3 is 5.97 Å². The van der Waals surface area contributed by atoms with Crippen LogP contribution < -0.4 is 4.74 Å². The van der Waals surface area contributed by atoms with E-state index in [0.717, 1.165) is 22.6 Å². The standard InChI is InChI=1S/C17H21NO4/c1-11(2)21-15-7-5-6-14(8-15)9-17(19)20-10-16-12(3)18-22-13(16)4/h5-8,11H,9-10H2,1-4H3. The largest absolute Gasteiger partial charge is 0.491 e. The minimum absolute atomic E-state index is 0.0988. The second kappa shape index (κ2) is 7.11. The van der Waals surface area contributed by atoms with E-state index in [1.807, 2.05) is 45.0 Å². The smallest absolute Gasteiger partial charge is 0.310 e. The highest BCUT2D eigenvalue weighted by molar-refractivity contribution is 5.72. The molecule has 1 heterocycles. The first-order chi connectivity index (χ1) is 10.5. The lowest BCUT2D eigenvalue weighted by Gasteiger charge is -2.10. The molecule has 22 heavy (non-hydrogen) atoms. The first-order valence-electron chi connectivity index (χ1n) is 7.28. The molecule has 0 saturated carbocycles. The number of nitrogens with zero attached hydrogens (tertiary/aromatic N) is 1. The summed E-state index contributed by atoms with van der Waals surface area (Å²) in [4.78, 5) is 11.9. The second-order valence-electron chi connectivity index (χ2n) is 5.45. The van der Waals surface area contributed by atoms with Crippen molar-refractivity contribution in [3.8, 4) is 5.75 Å². The predicted octanol–water partition coefficient (Wildman–Crippen LogP) is 3.36. The Bertz CT molecular complexity index is 626. The molecular formula is C17H21NO4. The number of aromatic nitrogens is 1. The van der Waals surface area contributed by atoms with Gasteiger partial charge < -0.3 is 14.0 Å². The molecule has 0 aliphatic carbocycles. The van der Waals surface area contributed by atoms with Crippen molar-refractivity contribution < 1.29 is 18.8 Å². The predicted molar refractivity (Wildman–Crippen MR) is 81.7 cm³/mol. The molecule has 0 fully saturated rings. The molecular weight excluding hydrogens is 282 g/mol. The third-order valence-corrected chi connectivity index (χ3v) is 3.18. The molecule has 0 radical (unpaired) electrons. The number of carbonyl (C=O) groups is 1. The van der Waals surface area contributed by atoms with Crippen LogP contribution in [0.4, 0.5) is 0 Å². The Hall–Kier alpha value is -2.30. The van der Waals surface area contributed by atoms with Crippen molar-refractivity contribution in [2.45, 2.75) is 46.8 Å². The van der Waals surface area contributed by atoms with E-state index in [4.69, 9.17) is 14.0 Å². The van der Waals surface area contributed by atoms with Crippen LogP contribution in [0, 0.1) is 13.8 Å². The zero-order valence-electron chi connectivity index (χ0n) is 13.4. The molecule has 1 aromatic carbocycles. The third-order valence-electron chi connectivity index (χ3n) is 3.18. The van der Waals surface area contributed by atoms with Crippen molar-refractivity contribution >= 4 is 5.97 Å². The first kappa shape index (κ1) is 16.1. The minimum Gasteiger partial charge on any atom is -0.491 e. The van der Waals surface area contributed by atoms with Gasteiger partial charge in [-0.3, -0.25) is 4.79 Å². The molecule has 2 rings (SSSR count). The van der Waals surface area contributed by atoms with E-state index in [2.05, 4.69) is 5.16 Å². The molecule has 0 bridgehead atoms. The number of hydrogen-bond donors (Lipinski definition) is 0. The number of carbonyl (C=O) groups excluding carboxylic acids is 1. The molecule has 5 heteroatoms. The van der Waals surface area contributed by atoms with Crippen LogP contribution in [0.2, 0.25) is 0 Å². The SMILES string of the molecule is Cc1noc(C)c1COC(=O)Cc1cccc(OC(C)C)c1. The van der Waals surface area contributed by atoms with Gasteiger partial charge in [-0.05, 0) is 45.4 Å². The van der Waals surface area contributed by atoms with Crippen LogP contribution in [0.15, 0.2) is 28.8 Å². The molecule has 1 aromatic heterocycles. The van der Waals surface area contributed by atoms with Gasteiger partial charge in [-0.25, -0.2) is 0 Å². The van der Waals surface area contributed by atoms with E-state index in [9.17, 15) is 4.79 Å². The molecule has 5 nitrogen and oxygen atoms in total. The normalized spacial score (nSPS) is 10.8. The average Bonchev–Trinajstić information content (AvgIpc) is 2.75. The first-order valence-corrected chi connectivity index (χ1v) is 7.28. The number of ether oxygens (including phenoxy) is 2. The van der Waals surface area contributed by atoms with Gasteiger partial charge in [-0.2, -0.15) is 0 Å². The van der Waals surface area contributed by atoms with Gasteiger partial charge in [0.25, 0.3) is 0 Å². The van der Waals surface area contributed by atoms with E-state index >= 15 is 0 Å². The van der Waals surface area contributed by atoms with E-state index < -0.39 is 0 Å². The summed E-state index contributed by atoms with van der Waals surface area (Å²) >= 11 is 0. The lowest BCUT2D eigenvalue weighted by Crippen LogP contribution is -2.09. The van der Waals surface area contributed by atoms with E-state index in [0.29, 0.717) is 5.76 Å². The zero-order chi connectivity index (χ0) is 16.1. The maximum atomic E-state index is 11.9. The van der Waals surface area contributed by atoms with E-state index in [-0.39, 0.29) is 25.1 Å². The van der Waals surface area contributed by atoms with Crippen LogP contribution >= 0.6 is 0 Å². The number of aryl methyl sites for hydroxylation is 2. The fourth-order valence-electron chi connectivity index (χ4n) is 2.08. The maximum Gasteiger partial charge on any atom is 0.310 e. The Morgan fingerprint density at radius 3 is 2.73 bits per heavy atom. The fourth-order valence-corrected chi connectivity index (χ4v) is 2.08. The molecule has 2 aromatic rings. The molecule has 0 spiro atoms. The van der Waals surface area contributed by atoms with Crippen molar-refractivity contribution in [2.24, 2.45) is 0 Å². The number of benzene rings is 1.